The standard InChI is InChI=1S/C26H23FN4O2/c1-16-21-15-20(27)5-6-22(21)30-24(16)26(33)31-12-11-29-25(32)23(31)14-17-3-2-4-19(13-17)18-7-9-28-10-8-18/h2-10,13,15,23,30H,11-12,14H2,1H3,(H,29,32)/t23-/m0/s1. The third kappa shape index (κ3) is 3.98. The van der Waals surface area contributed by atoms with Gasteiger partial charge in [0.1, 0.15) is 17.6 Å². The van der Waals surface area contributed by atoms with Gasteiger partial charge in [0, 0.05) is 42.8 Å². The highest BCUT2D eigenvalue weighted by atomic mass is 19.1. The molecule has 2 amide bonds. The maximum Gasteiger partial charge on any atom is 0.271 e. The largest absolute Gasteiger partial charge is 0.353 e. The first-order valence-corrected chi connectivity index (χ1v) is 10.9. The van der Waals surface area contributed by atoms with E-state index in [9.17, 15) is 14.0 Å². The fraction of sp³-hybridized carbons (Fsp3) is 0.192. The van der Waals surface area contributed by atoms with Crippen molar-refractivity contribution >= 4 is 22.7 Å². The van der Waals surface area contributed by atoms with Gasteiger partial charge >= 0.3 is 0 Å². The van der Waals surface area contributed by atoms with Crippen LogP contribution < -0.4 is 5.32 Å². The molecule has 1 aliphatic heterocycles. The zero-order valence-electron chi connectivity index (χ0n) is 18.1. The van der Waals surface area contributed by atoms with Crippen LogP contribution in [-0.2, 0) is 11.2 Å². The smallest absolute Gasteiger partial charge is 0.271 e. The topological polar surface area (TPSA) is 78.1 Å². The van der Waals surface area contributed by atoms with Crippen LogP contribution in [0.2, 0.25) is 0 Å². The molecule has 0 bridgehead atoms. The molecule has 1 atom stereocenters. The summed E-state index contributed by atoms with van der Waals surface area (Å²) in [6.07, 6.45) is 3.88. The summed E-state index contributed by atoms with van der Waals surface area (Å²) in [6.45, 7) is 2.59. The van der Waals surface area contributed by atoms with Crippen molar-refractivity contribution in [3.8, 4) is 11.1 Å². The molecule has 7 heteroatoms. The molecule has 2 N–H and O–H groups in total. The Kier molecular flexibility index (Phi) is 5.38. The van der Waals surface area contributed by atoms with E-state index in [1.54, 1.807) is 30.3 Å². The van der Waals surface area contributed by atoms with Crippen LogP contribution in [-0.4, -0.2) is 45.8 Å². The lowest BCUT2D eigenvalue weighted by molar-refractivity contribution is -0.127. The number of aryl methyl sites for hydroxylation is 1. The summed E-state index contributed by atoms with van der Waals surface area (Å²) in [6, 6.07) is 15.6. The normalized spacial score (nSPS) is 16.1. The molecule has 166 valence electrons. The lowest BCUT2D eigenvalue weighted by Gasteiger charge is -2.35. The van der Waals surface area contributed by atoms with Gasteiger partial charge in [0.25, 0.3) is 5.91 Å². The van der Waals surface area contributed by atoms with Crippen molar-refractivity contribution in [2.75, 3.05) is 13.1 Å². The number of pyridine rings is 1. The molecule has 3 heterocycles. The number of H-pyrrole nitrogens is 1. The third-order valence-corrected chi connectivity index (χ3v) is 6.20. The molecule has 0 unspecified atom stereocenters. The van der Waals surface area contributed by atoms with Gasteiger partial charge in [-0.2, -0.15) is 0 Å². The molecule has 4 aromatic rings. The Morgan fingerprint density at radius 1 is 1.12 bits per heavy atom. The number of halogens is 1. The summed E-state index contributed by atoms with van der Waals surface area (Å²) in [5.74, 6) is -0.786. The van der Waals surface area contributed by atoms with E-state index in [1.807, 2.05) is 36.4 Å². The van der Waals surface area contributed by atoms with Crippen LogP contribution in [0, 0.1) is 12.7 Å². The SMILES string of the molecule is Cc1c(C(=O)N2CCNC(=O)[C@@H]2Cc2cccc(-c3ccncc3)c2)[nH]c2ccc(F)cc12. The van der Waals surface area contributed by atoms with Gasteiger partial charge in [0.05, 0.1) is 0 Å². The van der Waals surface area contributed by atoms with Crippen LogP contribution in [0.25, 0.3) is 22.0 Å². The van der Waals surface area contributed by atoms with Crippen molar-refractivity contribution < 1.29 is 14.0 Å². The number of aromatic amines is 1. The molecule has 1 saturated heterocycles. The van der Waals surface area contributed by atoms with Gasteiger partial charge in [-0.05, 0) is 59.5 Å². The average Bonchev–Trinajstić information content (AvgIpc) is 3.16. The highest BCUT2D eigenvalue weighted by Gasteiger charge is 2.35. The number of piperazine rings is 1. The Labute approximate surface area is 190 Å². The molecular weight excluding hydrogens is 419 g/mol. The first-order chi connectivity index (χ1) is 16.0. The van der Waals surface area contributed by atoms with Crippen LogP contribution in [0.3, 0.4) is 0 Å². The van der Waals surface area contributed by atoms with E-state index >= 15 is 0 Å². The van der Waals surface area contributed by atoms with E-state index in [2.05, 4.69) is 15.3 Å². The molecule has 5 rings (SSSR count). The Morgan fingerprint density at radius 2 is 1.94 bits per heavy atom. The second-order valence-corrected chi connectivity index (χ2v) is 8.26. The second-order valence-electron chi connectivity index (χ2n) is 8.26. The number of carbonyl (C=O) groups excluding carboxylic acids is 2. The zero-order chi connectivity index (χ0) is 22.9. The number of amides is 2. The van der Waals surface area contributed by atoms with Crippen molar-refractivity contribution in [2.45, 2.75) is 19.4 Å². The lowest BCUT2D eigenvalue weighted by atomic mass is 9.97. The number of rotatable bonds is 4. The van der Waals surface area contributed by atoms with Gasteiger partial charge in [0.2, 0.25) is 5.91 Å². The minimum Gasteiger partial charge on any atom is -0.353 e. The molecule has 1 fully saturated rings. The summed E-state index contributed by atoms with van der Waals surface area (Å²) >= 11 is 0. The van der Waals surface area contributed by atoms with Gasteiger partial charge < -0.3 is 15.2 Å². The highest BCUT2D eigenvalue weighted by molar-refractivity contribution is 6.03. The van der Waals surface area contributed by atoms with Gasteiger partial charge in [-0.25, -0.2) is 4.39 Å². The van der Waals surface area contributed by atoms with Gasteiger partial charge in [-0.15, -0.1) is 0 Å². The number of nitrogens with one attached hydrogen (secondary N) is 2. The predicted octanol–water partition coefficient (Wildman–Crippen LogP) is 3.86. The summed E-state index contributed by atoms with van der Waals surface area (Å²) in [5, 5.41) is 3.55. The predicted molar refractivity (Wildman–Crippen MR) is 124 cm³/mol. The fourth-order valence-corrected chi connectivity index (χ4v) is 4.46. The average molecular weight is 442 g/mol. The van der Waals surface area contributed by atoms with Crippen molar-refractivity contribution in [3.05, 3.63) is 89.6 Å². The Bertz CT molecular complexity index is 1350. The molecule has 0 radical (unpaired) electrons. The van der Waals surface area contributed by atoms with Crippen molar-refractivity contribution in [1.29, 1.82) is 0 Å². The number of aromatic nitrogens is 2. The molecular formula is C26H23FN4O2. The Morgan fingerprint density at radius 3 is 2.76 bits per heavy atom. The molecule has 2 aromatic carbocycles. The van der Waals surface area contributed by atoms with E-state index in [0.29, 0.717) is 41.7 Å². The summed E-state index contributed by atoms with van der Waals surface area (Å²) in [7, 11) is 0. The van der Waals surface area contributed by atoms with Gasteiger partial charge in [0.15, 0.2) is 0 Å². The van der Waals surface area contributed by atoms with Crippen molar-refractivity contribution in [1.82, 2.24) is 20.2 Å². The molecule has 6 nitrogen and oxygen atoms in total. The molecule has 1 aliphatic rings. The van der Waals surface area contributed by atoms with Crippen LogP contribution in [0.15, 0.2) is 67.0 Å². The molecule has 0 aliphatic carbocycles. The van der Waals surface area contributed by atoms with Crippen LogP contribution in [0.1, 0.15) is 21.6 Å². The number of nitrogens with zero attached hydrogens (tertiary/aromatic N) is 2. The minimum atomic E-state index is -0.638. The number of fused-ring (bicyclic) bond motifs is 1. The van der Waals surface area contributed by atoms with E-state index in [1.165, 1.54) is 12.1 Å². The number of benzene rings is 2. The monoisotopic (exact) mass is 442 g/mol. The van der Waals surface area contributed by atoms with Gasteiger partial charge in [-0.3, -0.25) is 14.6 Å². The fourth-order valence-electron chi connectivity index (χ4n) is 4.46. The molecule has 0 spiro atoms. The van der Waals surface area contributed by atoms with Crippen LogP contribution in [0.4, 0.5) is 4.39 Å². The van der Waals surface area contributed by atoms with E-state index in [4.69, 9.17) is 0 Å². The quantitative estimate of drug-likeness (QED) is 0.504. The van der Waals surface area contributed by atoms with Gasteiger partial charge in [-0.1, -0.05) is 24.3 Å². The maximum atomic E-state index is 13.7. The number of carbonyl (C=O) groups is 2. The first kappa shape index (κ1) is 20.9. The summed E-state index contributed by atoms with van der Waals surface area (Å²) < 4.78 is 13.7. The lowest BCUT2D eigenvalue weighted by Crippen LogP contribution is -2.58. The highest BCUT2D eigenvalue weighted by Crippen LogP contribution is 2.26. The maximum absolute atomic E-state index is 13.7. The van der Waals surface area contributed by atoms with Crippen LogP contribution in [0.5, 0.6) is 0 Å². The Balaban J connectivity index is 1.45. The molecule has 2 aromatic heterocycles. The molecule has 0 saturated carbocycles. The van der Waals surface area contributed by atoms with Crippen molar-refractivity contribution in [3.63, 3.8) is 0 Å². The van der Waals surface area contributed by atoms with Crippen LogP contribution >= 0.6 is 0 Å². The van der Waals surface area contributed by atoms with E-state index in [0.717, 1.165) is 16.7 Å². The zero-order valence-corrected chi connectivity index (χ0v) is 18.1. The van der Waals surface area contributed by atoms with Crippen molar-refractivity contribution in [2.24, 2.45) is 0 Å². The Hall–Kier alpha value is -4.00. The van der Waals surface area contributed by atoms with E-state index < -0.39 is 6.04 Å². The number of hydrogen-bond donors (Lipinski definition) is 2. The number of hydrogen-bond acceptors (Lipinski definition) is 3. The molecule has 33 heavy (non-hydrogen) atoms. The third-order valence-electron chi connectivity index (χ3n) is 6.20. The summed E-state index contributed by atoms with van der Waals surface area (Å²) in [4.78, 5) is 35.2. The first-order valence-electron chi connectivity index (χ1n) is 10.9. The summed E-state index contributed by atoms with van der Waals surface area (Å²) in [5.41, 5.74) is 4.78. The van der Waals surface area contributed by atoms with E-state index in [-0.39, 0.29) is 17.6 Å². The second kappa shape index (κ2) is 8.50. The minimum absolute atomic E-state index is 0.177.